The smallest absolute Gasteiger partial charge is 0.224 e. The molecule has 94 valence electrons. The summed E-state index contributed by atoms with van der Waals surface area (Å²) in [4.78, 5) is 11.7. The molecule has 1 aromatic carbocycles. The van der Waals surface area contributed by atoms with Gasteiger partial charge in [0.15, 0.2) is 0 Å². The summed E-state index contributed by atoms with van der Waals surface area (Å²) < 4.78 is 6.09. The Morgan fingerprint density at radius 2 is 2.18 bits per heavy atom. The lowest BCUT2D eigenvalue weighted by Gasteiger charge is -2.10. The van der Waals surface area contributed by atoms with E-state index >= 15 is 0 Å². The highest BCUT2D eigenvalue weighted by Crippen LogP contribution is 2.28. The van der Waals surface area contributed by atoms with Gasteiger partial charge in [-0.3, -0.25) is 4.79 Å². The van der Waals surface area contributed by atoms with Crippen LogP contribution in [0.25, 0.3) is 0 Å². The Labute approximate surface area is 118 Å². The minimum atomic E-state index is 0.0161. The topological polar surface area (TPSA) is 38.3 Å². The molecule has 3 nitrogen and oxygen atoms in total. The second-order valence-electron chi connectivity index (χ2n) is 3.54. The summed E-state index contributed by atoms with van der Waals surface area (Å²) in [5.74, 6) is 0.685. The molecule has 17 heavy (non-hydrogen) atoms. The Bertz CT molecular complexity index is 383. The number of unbranched alkanes of at least 4 members (excludes halogenated alkanes) is 1. The maximum atomic E-state index is 11.7. The van der Waals surface area contributed by atoms with E-state index in [0.717, 1.165) is 22.6 Å². The third-order valence-corrected chi connectivity index (χ3v) is 3.28. The Balaban J connectivity index is 2.60. The van der Waals surface area contributed by atoms with Crippen LogP contribution in [0.4, 0.5) is 5.69 Å². The number of benzene rings is 1. The highest BCUT2D eigenvalue weighted by molar-refractivity contribution is 9.10. The molecule has 1 amide bonds. The number of anilines is 1. The molecule has 0 aliphatic carbocycles. The van der Waals surface area contributed by atoms with Crippen molar-refractivity contribution in [2.45, 2.75) is 19.3 Å². The number of ether oxygens (including phenoxy) is 1. The van der Waals surface area contributed by atoms with E-state index in [9.17, 15) is 4.79 Å². The van der Waals surface area contributed by atoms with Gasteiger partial charge in [0.05, 0.1) is 12.8 Å². The average molecular weight is 365 g/mol. The molecule has 0 saturated carbocycles. The van der Waals surface area contributed by atoms with E-state index in [-0.39, 0.29) is 5.91 Å². The molecule has 0 fully saturated rings. The minimum absolute atomic E-state index is 0.0161. The lowest BCUT2D eigenvalue weighted by molar-refractivity contribution is -0.116. The highest BCUT2D eigenvalue weighted by atomic mass is 79.9. The summed E-state index contributed by atoms with van der Waals surface area (Å²) in [6.45, 7) is 0. The van der Waals surface area contributed by atoms with Crippen molar-refractivity contribution < 1.29 is 9.53 Å². The highest BCUT2D eigenvalue weighted by Gasteiger charge is 2.07. The summed E-state index contributed by atoms with van der Waals surface area (Å²) in [6.07, 6.45) is 2.41. The summed E-state index contributed by atoms with van der Waals surface area (Å²) in [5.41, 5.74) is 0.700. The van der Waals surface area contributed by atoms with E-state index in [1.807, 2.05) is 18.2 Å². The van der Waals surface area contributed by atoms with Crippen LogP contribution in [0.3, 0.4) is 0 Å². The second-order valence-corrected chi connectivity index (χ2v) is 5.25. The first-order chi connectivity index (χ1) is 8.17. The summed E-state index contributed by atoms with van der Waals surface area (Å²) in [7, 11) is 1.59. The zero-order valence-electron chi connectivity index (χ0n) is 9.63. The van der Waals surface area contributed by atoms with E-state index in [1.165, 1.54) is 0 Å². The lowest BCUT2D eigenvalue weighted by Crippen LogP contribution is -2.12. The molecular formula is C12H15Br2NO2. The molecule has 0 aliphatic heterocycles. The zero-order chi connectivity index (χ0) is 12.7. The van der Waals surface area contributed by atoms with Gasteiger partial charge in [-0.2, -0.15) is 0 Å². The third kappa shape index (κ3) is 5.08. The van der Waals surface area contributed by atoms with E-state index in [2.05, 4.69) is 37.2 Å². The van der Waals surface area contributed by atoms with Crippen LogP contribution in [0.1, 0.15) is 19.3 Å². The van der Waals surface area contributed by atoms with Crippen LogP contribution in [-0.4, -0.2) is 18.3 Å². The van der Waals surface area contributed by atoms with Gasteiger partial charge in [-0.1, -0.05) is 31.9 Å². The maximum Gasteiger partial charge on any atom is 0.224 e. The zero-order valence-corrected chi connectivity index (χ0v) is 12.8. The minimum Gasteiger partial charge on any atom is -0.495 e. The molecule has 1 aromatic rings. The molecule has 1 N–H and O–H groups in total. The Morgan fingerprint density at radius 3 is 2.82 bits per heavy atom. The molecule has 0 spiro atoms. The first-order valence-electron chi connectivity index (χ1n) is 5.36. The predicted molar refractivity (Wildman–Crippen MR) is 77.0 cm³/mol. The standard InChI is InChI=1S/C12H15Br2NO2/c1-17-11-6-5-9(14)8-10(11)15-12(16)4-2-3-7-13/h5-6,8H,2-4,7H2,1H3,(H,15,16). The van der Waals surface area contributed by atoms with Crippen LogP contribution in [0.2, 0.25) is 0 Å². The van der Waals surface area contributed by atoms with E-state index < -0.39 is 0 Å². The monoisotopic (exact) mass is 363 g/mol. The van der Waals surface area contributed by atoms with Crippen LogP contribution in [0.5, 0.6) is 5.75 Å². The van der Waals surface area contributed by atoms with Gasteiger partial charge in [0.1, 0.15) is 5.75 Å². The Morgan fingerprint density at radius 1 is 1.41 bits per heavy atom. The van der Waals surface area contributed by atoms with Crippen molar-refractivity contribution in [3.05, 3.63) is 22.7 Å². The van der Waals surface area contributed by atoms with Gasteiger partial charge in [0.2, 0.25) is 5.91 Å². The van der Waals surface area contributed by atoms with Gasteiger partial charge < -0.3 is 10.1 Å². The summed E-state index contributed by atoms with van der Waals surface area (Å²) in [6, 6.07) is 5.53. The SMILES string of the molecule is COc1ccc(Br)cc1NC(=O)CCCCBr. The fraction of sp³-hybridized carbons (Fsp3) is 0.417. The van der Waals surface area contributed by atoms with Crippen molar-refractivity contribution in [2.75, 3.05) is 17.8 Å². The molecule has 5 heteroatoms. The predicted octanol–water partition coefficient (Wildman–Crippen LogP) is 3.96. The number of rotatable bonds is 6. The number of hydrogen-bond donors (Lipinski definition) is 1. The molecule has 0 aliphatic rings. The molecule has 0 aromatic heterocycles. The van der Waals surface area contributed by atoms with Gasteiger partial charge in [0, 0.05) is 16.2 Å². The molecule has 0 bridgehead atoms. The molecule has 1 rings (SSSR count). The number of alkyl halides is 1. The van der Waals surface area contributed by atoms with Crippen LogP contribution < -0.4 is 10.1 Å². The lowest BCUT2D eigenvalue weighted by atomic mass is 10.2. The van der Waals surface area contributed by atoms with Gasteiger partial charge in [-0.25, -0.2) is 0 Å². The first kappa shape index (κ1) is 14.5. The van der Waals surface area contributed by atoms with Crippen molar-refractivity contribution in [2.24, 2.45) is 0 Å². The van der Waals surface area contributed by atoms with Crippen LogP contribution in [0, 0.1) is 0 Å². The third-order valence-electron chi connectivity index (χ3n) is 2.22. The number of methoxy groups -OCH3 is 1. The first-order valence-corrected chi connectivity index (χ1v) is 7.28. The fourth-order valence-corrected chi connectivity index (χ4v) is 2.13. The fourth-order valence-electron chi connectivity index (χ4n) is 1.37. The normalized spacial score (nSPS) is 10.1. The van der Waals surface area contributed by atoms with E-state index in [4.69, 9.17) is 4.74 Å². The van der Waals surface area contributed by atoms with Gasteiger partial charge in [-0.15, -0.1) is 0 Å². The molecule has 0 unspecified atom stereocenters. The largest absolute Gasteiger partial charge is 0.495 e. The van der Waals surface area contributed by atoms with E-state index in [0.29, 0.717) is 17.9 Å². The Kier molecular flexibility index (Phi) is 6.58. The van der Waals surface area contributed by atoms with Crippen molar-refractivity contribution in [3.8, 4) is 5.75 Å². The van der Waals surface area contributed by atoms with Crippen LogP contribution >= 0.6 is 31.9 Å². The second kappa shape index (κ2) is 7.71. The molecule has 0 heterocycles. The van der Waals surface area contributed by atoms with Gasteiger partial charge in [0.25, 0.3) is 0 Å². The van der Waals surface area contributed by atoms with Gasteiger partial charge >= 0.3 is 0 Å². The molecular weight excluding hydrogens is 350 g/mol. The van der Waals surface area contributed by atoms with Crippen molar-refractivity contribution in [1.82, 2.24) is 0 Å². The number of amides is 1. The number of carbonyl (C=O) groups excluding carboxylic acids is 1. The van der Waals surface area contributed by atoms with Crippen molar-refractivity contribution >= 4 is 43.5 Å². The van der Waals surface area contributed by atoms with Crippen molar-refractivity contribution in [1.29, 1.82) is 0 Å². The quantitative estimate of drug-likeness (QED) is 0.612. The van der Waals surface area contributed by atoms with Gasteiger partial charge in [-0.05, 0) is 31.0 Å². The summed E-state index contributed by atoms with van der Waals surface area (Å²) >= 11 is 6.71. The number of hydrogen-bond acceptors (Lipinski definition) is 2. The number of carbonyl (C=O) groups is 1. The Hall–Kier alpha value is -0.550. The number of nitrogens with one attached hydrogen (secondary N) is 1. The van der Waals surface area contributed by atoms with Crippen molar-refractivity contribution in [3.63, 3.8) is 0 Å². The van der Waals surface area contributed by atoms with E-state index in [1.54, 1.807) is 7.11 Å². The average Bonchev–Trinajstić information content (AvgIpc) is 2.29. The maximum absolute atomic E-state index is 11.7. The molecule has 0 radical (unpaired) electrons. The number of halogens is 2. The van der Waals surface area contributed by atoms with Crippen LogP contribution in [0.15, 0.2) is 22.7 Å². The summed E-state index contributed by atoms with van der Waals surface area (Å²) in [5, 5.41) is 3.78. The molecule has 0 saturated heterocycles. The molecule has 0 atom stereocenters. The van der Waals surface area contributed by atoms with Crippen LogP contribution in [-0.2, 0) is 4.79 Å².